The zero-order valence-electron chi connectivity index (χ0n) is 9.24. The van der Waals surface area contributed by atoms with Gasteiger partial charge in [0.15, 0.2) is 0 Å². The van der Waals surface area contributed by atoms with Gasteiger partial charge in [-0.1, -0.05) is 17.7 Å². The second-order valence-electron chi connectivity index (χ2n) is 4.26. The Morgan fingerprint density at radius 3 is 2.65 bits per heavy atom. The SMILES string of the molecule is Cc1ccc(NC(=O)C2CC2C(=O)O)c(Cl)c1. The van der Waals surface area contributed by atoms with E-state index in [1.54, 1.807) is 12.1 Å². The number of aryl methyl sites for hydroxylation is 1. The molecule has 1 fully saturated rings. The molecular weight excluding hydrogens is 242 g/mol. The minimum Gasteiger partial charge on any atom is -0.481 e. The molecule has 0 bridgehead atoms. The van der Waals surface area contributed by atoms with Crippen LogP contribution in [0.15, 0.2) is 18.2 Å². The molecule has 1 amide bonds. The summed E-state index contributed by atoms with van der Waals surface area (Å²) < 4.78 is 0. The van der Waals surface area contributed by atoms with E-state index in [0.717, 1.165) is 5.56 Å². The third kappa shape index (κ3) is 2.58. The molecule has 0 heterocycles. The molecule has 0 spiro atoms. The van der Waals surface area contributed by atoms with Crippen LogP contribution in [0.4, 0.5) is 5.69 Å². The normalized spacial score (nSPS) is 22.0. The quantitative estimate of drug-likeness (QED) is 0.869. The lowest BCUT2D eigenvalue weighted by Crippen LogP contribution is -2.17. The van der Waals surface area contributed by atoms with Crippen LogP contribution < -0.4 is 5.32 Å². The van der Waals surface area contributed by atoms with Crippen LogP contribution in [0.5, 0.6) is 0 Å². The van der Waals surface area contributed by atoms with Crippen molar-refractivity contribution in [1.29, 1.82) is 0 Å². The summed E-state index contributed by atoms with van der Waals surface area (Å²) >= 11 is 5.97. The zero-order valence-corrected chi connectivity index (χ0v) is 9.99. The van der Waals surface area contributed by atoms with E-state index in [0.29, 0.717) is 17.1 Å². The summed E-state index contributed by atoms with van der Waals surface area (Å²) in [6, 6.07) is 5.30. The predicted octanol–water partition coefficient (Wildman–Crippen LogP) is 2.31. The van der Waals surface area contributed by atoms with E-state index in [2.05, 4.69) is 5.32 Å². The highest BCUT2D eigenvalue weighted by Gasteiger charge is 2.48. The van der Waals surface area contributed by atoms with Crippen molar-refractivity contribution in [1.82, 2.24) is 0 Å². The molecule has 0 aromatic heterocycles. The van der Waals surface area contributed by atoms with Gasteiger partial charge in [-0.05, 0) is 31.0 Å². The lowest BCUT2D eigenvalue weighted by molar-refractivity contribution is -0.139. The number of carboxylic acid groups (broad SMARTS) is 1. The number of halogens is 1. The Morgan fingerprint density at radius 2 is 2.12 bits per heavy atom. The second-order valence-corrected chi connectivity index (χ2v) is 4.67. The molecular formula is C12H12ClNO3. The smallest absolute Gasteiger partial charge is 0.307 e. The average Bonchev–Trinajstić information content (AvgIpc) is 3.01. The Bertz CT molecular complexity index is 487. The van der Waals surface area contributed by atoms with Gasteiger partial charge in [-0.3, -0.25) is 9.59 Å². The monoisotopic (exact) mass is 253 g/mol. The maximum atomic E-state index is 11.7. The van der Waals surface area contributed by atoms with Gasteiger partial charge in [0.05, 0.1) is 22.5 Å². The Morgan fingerprint density at radius 1 is 1.41 bits per heavy atom. The van der Waals surface area contributed by atoms with Gasteiger partial charge in [0.2, 0.25) is 5.91 Å². The molecule has 17 heavy (non-hydrogen) atoms. The first-order chi connectivity index (χ1) is 7.99. The number of rotatable bonds is 3. The first-order valence-corrected chi connectivity index (χ1v) is 5.66. The molecule has 1 aliphatic carbocycles. The fraction of sp³-hybridized carbons (Fsp3) is 0.333. The molecule has 1 saturated carbocycles. The number of anilines is 1. The minimum atomic E-state index is -0.917. The molecule has 2 atom stereocenters. The molecule has 1 aromatic rings. The largest absolute Gasteiger partial charge is 0.481 e. The highest BCUT2D eigenvalue weighted by atomic mass is 35.5. The van der Waals surface area contributed by atoms with E-state index in [1.807, 2.05) is 13.0 Å². The van der Waals surface area contributed by atoms with Crippen LogP contribution in [0.25, 0.3) is 0 Å². The summed E-state index contributed by atoms with van der Waals surface area (Å²) in [5, 5.41) is 11.8. The van der Waals surface area contributed by atoms with Crippen LogP contribution in [0, 0.1) is 18.8 Å². The van der Waals surface area contributed by atoms with Crippen LogP contribution in [-0.2, 0) is 9.59 Å². The number of carbonyl (C=O) groups is 2. The Kier molecular flexibility index (Phi) is 3.07. The summed E-state index contributed by atoms with van der Waals surface area (Å²) in [7, 11) is 0. The third-order valence-electron chi connectivity index (χ3n) is 2.83. The standard InChI is InChI=1S/C12H12ClNO3/c1-6-2-3-10(9(13)4-6)14-11(15)7-5-8(7)12(16)17/h2-4,7-8H,5H2,1H3,(H,14,15)(H,16,17). The van der Waals surface area contributed by atoms with Gasteiger partial charge in [-0.15, -0.1) is 0 Å². The molecule has 1 aliphatic rings. The molecule has 2 unspecified atom stereocenters. The number of amides is 1. The van der Waals surface area contributed by atoms with E-state index in [-0.39, 0.29) is 5.91 Å². The molecule has 2 rings (SSSR count). The molecule has 90 valence electrons. The van der Waals surface area contributed by atoms with Crippen LogP contribution in [0.3, 0.4) is 0 Å². The van der Waals surface area contributed by atoms with Crippen molar-refractivity contribution in [2.24, 2.45) is 11.8 Å². The van der Waals surface area contributed by atoms with Gasteiger partial charge in [0.1, 0.15) is 0 Å². The van der Waals surface area contributed by atoms with Crippen molar-refractivity contribution in [3.8, 4) is 0 Å². The fourth-order valence-electron chi connectivity index (χ4n) is 1.70. The fourth-order valence-corrected chi connectivity index (χ4v) is 1.99. The summed E-state index contributed by atoms with van der Waals surface area (Å²) in [5.74, 6) is -2.16. The molecule has 1 aromatic carbocycles. The minimum absolute atomic E-state index is 0.275. The molecule has 4 nitrogen and oxygen atoms in total. The van der Waals surface area contributed by atoms with Gasteiger partial charge in [0, 0.05) is 0 Å². The maximum absolute atomic E-state index is 11.7. The molecule has 0 saturated heterocycles. The van der Waals surface area contributed by atoms with Crippen molar-refractivity contribution >= 4 is 29.2 Å². The molecule has 0 radical (unpaired) electrons. The number of hydrogen-bond acceptors (Lipinski definition) is 2. The van der Waals surface area contributed by atoms with Crippen molar-refractivity contribution in [3.63, 3.8) is 0 Å². The van der Waals surface area contributed by atoms with Gasteiger partial charge >= 0.3 is 5.97 Å². The summed E-state index contributed by atoms with van der Waals surface area (Å²) in [5.41, 5.74) is 1.53. The number of aliphatic carboxylic acids is 1. The summed E-state index contributed by atoms with van der Waals surface area (Å²) in [6.07, 6.45) is 0.407. The number of carbonyl (C=O) groups excluding carboxylic acids is 1. The molecule has 0 aliphatic heterocycles. The van der Waals surface area contributed by atoms with Crippen LogP contribution in [-0.4, -0.2) is 17.0 Å². The summed E-state index contributed by atoms with van der Waals surface area (Å²) in [6.45, 7) is 1.90. The van der Waals surface area contributed by atoms with E-state index < -0.39 is 17.8 Å². The van der Waals surface area contributed by atoms with E-state index in [9.17, 15) is 9.59 Å². The number of carboxylic acids is 1. The summed E-state index contributed by atoms with van der Waals surface area (Å²) in [4.78, 5) is 22.3. The van der Waals surface area contributed by atoms with Crippen LogP contribution >= 0.6 is 11.6 Å². The van der Waals surface area contributed by atoms with E-state index in [4.69, 9.17) is 16.7 Å². The van der Waals surface area contributed by atoms with E-state index >= 15 is 0 Å². The van der Waals surface area contributed by atoms with E-state index in [1.165, 1.54) is 0 Å². The van der Waals surface area contributed by atoms with Gasteiger partial charge in [-0.2, -0.15) is 0 Å². The zero-order chi connectivity index (χ0) is 12.6. The number of benzene rings is 1. The maximum Gasteiger partial charge on any atom is 0.307 e. The lowest BCUT2D eigenvalue weighted by atomic mass is 10.2. The first kappa shape index (κ1) is 11.9. The van der Waals surface area contributed by atoms with Crippen molar-refractivity contribution in [3.05, 3.63) is 28.8 Å². The molecule has 2 N–H and O–H groups in total. The highest BCUT2D eigenvalue weighted by Crippen LogP contribution is 2.39. The predicted molar refractivity (Wildman–Crippen MR) is 64.1 cm³/mol. The van der Waals surface area contributed by atoms with Crippen molar-refractivity contribution in [2.45, 2.75) is 13.3 Å². The highest BCUT2D eigenvalue weighted by molar-refractivity contribution is 6.33. The van der Waals surface area contributed by atoms with Crippen molar-refractivity contribution < 1.29 is 14.7 Å². The average molecular weight is 254 g/mol. The third-order valence-corrected chi connectivity index (χ3v) is 3.14. The Balaban J connectivity index is 2.02. The first-order valence-electron chi connectivity index (χ1n) is 5.29. The van der Waals surface area contributed by atoms with Gasteiger partial charge < -0.3 is 10.4 Å². The van der Waals surface area contributed by atoms with Crippen LogP contribution in [0.1, 0.15) is 12.0 Å². The second kappa shape index (κ2) is 4.37. The Hall–Kier alpha value is -1.55. The number of nitrogens with one attached hydrogen (secondary N) is 1. The number of hydrogen-bond donors (Lipinski definition) is 2. The lowest BCUT2D eigenvalue weighted by Gasteiger charge is -2.07. The van der Waals surface area contributed by atoms with Crippen molar-refractivity contribution in [2.75, 3.05) is 5.32 Å². The van der Waals surface area contributed by atoms with Crippen LogP contribution in [0.2, 0.25) is 5.02 Å². The Labute approximate surface area is 104 Å². The topological polar surface area (TPSA) is 66.4 Å². The molecule has 5 heteroatoms. The van der Waals surface area contributed by atoms with Gasteiger partial charge in [0.25, 0.3) is 0 Å². The van der Waals surface area contributed by atoms with Gasteiger partial charge in [-0.25, -0.2) is 0 Å².